The van der Waals surface area contributed by atoms with Crippen molar-refractivity contribution in [3.8, 4) is 0 Å². The van der Waals surface area contributed by atoms with Gasteiger partial charge in [0, 0.05) is 25.7 Å². The molecule has 0 radical (unpaired) electrons. The average Bonchev–Trinajstić information content (AvgIpc) is 2.28. The minimum atomic E-state index is 0.142. The Labute approximate surface area is 98.3 Å². The normalized spacial score (nSPS) is 42.9. The molecule has 0 aromatic rings. The number of hydrogen-bond acceptors (Lipinski definition) is 3. The molecule has 3 heteroatoms. The Morgan fingerprint density at radius 3 is 2.50 bits per heavy atom. The van der Waals surface area contributed by atoms with E-state index in [9.17, 15) is 0 Å². The number of rotatable bonds is 1. The van der Waals surface area contributed by atoms with Gasteiger partial charge in [-0.15, -0.1) is 0 Å². The van der Waals surface area contributed by atoms with E-state index in [4.69, 9.17) is 4.74 Å². The van der Waals surface area contributed by atoms with Crippen LogP contribution in [0.2, 0.25) is 0 Å². The zero-order valence-corrected chi connectivity index (χ0v) is 10.3. The summed E-state index contributed by atoms with van der Waals surface area (Å²) in [6.45, 7) is 6.43. The van der Waals surface area contributed by atoms with E-state index < -0.39 is 0 Å². The fraction of sp³-hybridized carbons (Fsp3) is 1.00. The Kier molecular flexibility index (Phi) is 2.94. The molecule has 0 amide bonds. The van der Waals surface area contributed by atoms with Crippen molar-refractivity contribution in [2.24, 2.45) is 11.8 Å². The summed E-state index contributed by atoms with van der Waals surface area (Å²) in [5.74, 6) is 1.79. The van der Waals surface area contributed by atoms with Crippen LogP contribution in [0.25, 0.3) is 0 Å². The molecule has 2 heterocycles. The van der Waals surface area contributed by atoms with Gasteiger partial charge in [-0.05, 0) is 24.7 Å². The summed E-state index contributed by atoms with van der Waals surface area (Å²) < 4.78 is 6.07. The predicted octanol–water partition coefficient (Wildman–Crippen LogP) is 1.14. The van der Waals surface area contributed by atoms with Crippen LogP contribution in [0.1, 0.15) is 32.6 Å². The van der Waals surface area contributed by atoms with Crippen molar-refractivity contribution in [1.82, 2.24) is 10.6 Å². The smallest absolute Gasteiger partial charge is 0.108 e. The van der Waals surface area contributed by atoms with E-state index in [0.29, 0.717) is 6.04 Å². The molecule has 0 aromatic heterocycles. The molecule has 3 aliphatic rings. The number of ether oxygens (including phenoxy) is 1. The van der Waals surface area contributed by atoms with Gasteiger partial charge in [0.15, 0.2) is 0 Å². The van der Waals surface area contributed by atoms with Crippen molar-refractivity contribution in [3.05, 3.63) is 0 Å². The lowest BCUT2D eigenvalue weighted by Gasteiger charge is -2.54. The molecule has 1 spiro atoms. The van der Waals surface area contributed by atoms with Gasteiger partial charge in [-0.3, -0.25) is 0 Å². The van der Waals surface area contributed by atoms with Crippen LogP contribution in [-0.4, -0.2) is 37.9 Å². The molecule has 1 atom stereocenters. The summed E-state index contributed by atoms with van der Waals surface area (Å²) in [5, 5.41) is 7.12. The second-order valence-electron chi connectivity index (χ2n) is 5.97. The molecule has 1 unspecified atom stereocenters. The van der Waals surface area contributed by atoms with Crippen molar-refractivity contribution in [3.63, 3.8) is 0 Å². The first-order valence-corrected chi connectivity index (χ1v) is 6.88. The van der Waals surface area contributed by atoms with Crippen molar-refractivity contribution in [1.29, 1.82) is 0 Å². The second-order valence-corrected chi connectivity index (χ2v) is 5.97. The van der Waals surface area contributed by atoms with Crippen molar-refractivity contribution < 1.29 is 4.74 Å². The highest BCUT2D eigenvalue weighted by molar-refractivity contribution is 5.08. The third kappa shape index (κ3) is 1.79. The van der Waals surface area contributed by atoms with E-state index in [-0.39, 0.29) is 5.60 Å². The van der Waals surface area contributed by atoms with E-state index in [2.05, 4.69) is 17.6 Å². The molecule has 0 bridgehead atoms. The van der Waals surface area contributed by atoms with Gasteiger partial charge in [0.2, 0.25) is 0 Å². The molecule has 2 N–H and O–H groups in total. The summed E-state index contributed by atoms with van der Waals surface area (Å²) in [7, 11) is 0. The minimum absolute atomic E-state index is 0.142. The molecular weight excluding hydrogens is 200 g/mol. The number of morpholine rings is 1. The van der Waals surface area contributed by atoms with E-state index >= 15 is 0 Å². The SMILES string of the molecule is CC1CCC(C2NCCOC23CNC3)CC1. The van der Waals surface area contributed by atoms with E-state index in [1.807, 2.05) is 0 Å². The molecule has 3 fully saturated rings. The topological polar surface area (TPSA) is 33.3 Å². The predicted molar refractivity (Wildman–Crippen MR) is 64.5 cm³/mol. The summed E-state index contributed by atoms with van der Waals surface area (Å²) >= 11 is 0. The van der Waals surface area contributed by atoms with Crippen LogP contribution < -0.4 is 10.6 Å². The van der Waals surface area contributed by atoms with Gasteiger partial charge < -0.3 is 15.4 Å². The third-order valence-electron chi connectivity index (χ3n) is 4.80. The second kappa shape index (κ2) is 4.28. The summed E-state index contributed by atoms with van der Waals surface area (Å²) in [6, 6.07) is 0.606. The Bertz CT molecular complexity index is 244. The quantitative estimate of drug-likeness (QED) is 0.701. The van der Waals surface area contributed by atoms with Crippen LogP contribution in [0.15, 0.2) is 0 Å². The zero-order valence-electron chi connectivity index (χ0n) is 10.3. The third-order valence-corrected chi connectivity index (χ3v) is 4.80. The molecule has 3 nitrogen and oxygen atoms in total. The van der Waals surface area contributed by atoms with E-state index in [1.165, 1.54) is 25.7 Å². The molecule has 3 rings (SSSR count). The van der Waals surface area contributed by atoms with Gasteiger partial charge in [0.25, 0.3) is 0 Å². The van der Waals surface area contributed by atoms with Gasteiger partial charge in [-0.1, -0.05) is 19.8 Å². The fourth-order valence-corrected chi connectivity index (χ4v) is 3.65. The Morgan fingerprint density at radius 1 is 1.12 bits per heavy atom. The highest BCUT2D eigenvalue weighted by Gasteiger charge is 2.50. The molecule has 2 saturated heterocycles. The fourth-order valence-electron chi connectivity index (χ4n) is 3.65. The lowest BCUT2D eigenvalue weighted by atomic mass is 9.71. The van der Waals surface area contributed by atoms with Gasteiger partial charge >= 0.3 is 0 Å². The molecule has 0 aromatic carbocycles. The zero-order chi connectivity index (χ0) is 11.0. The maximum absolute atomic E-state index is 6.07. The van der Waals surface area contributed by atoms with Gasteiger partial charge in [-0.25, -0.2) is 0 Å². The Morgan fingerprint density at radius 2 is 1.88 bits per heavy atom. The van der Waals surface area contributed by atoms with Gasteiger partial charge in [0.1, 0.15) is 5.60 Å². The van der Waals surface area contributed by atoms with Crippen LogP contribution in [0.4, 0.5) is 0 Å². The first-order valence-electron chi connectivity index (χ1n) is 6.88. The molecule has 1 saturated carbocycles. The molecule has 1 aliphatic carbocycles. The van der Waals surface area contributed by atoms with Gasteiger partial charge in [0.05, 0.1) is 6.61 Å². The first kappa shape index (κ1) is 11.0. The van der Waals surface area contributed by atoms with Crippen molar-refractivity contribution in [2.45, 2.75) is 44.2 Å². The van der Waals surface area contributed by atoms with Crippen LogP contribution in [-0.2, 0) is 4.74 Å². The van der Waals surface area contributed by atoms with E-state index in [1.54, 1.807) is 0 Å². The van der Waals surface area contributed by atoms with Gasteiger partial charge in [-0.2, -0.15) is 0 Å². The van der Waals surface area contributed by atoms with Crippen molar-refractivity contribution in [2.75, 3.05) is 26.2 Å². The highest BCUT2D eigenvalue weighted by atomic mass is 16.5. The van der Waals surface area contributed by atoms with Crippen LogP contribution in [0.3, 0.4) is 0 Å². The van der Waals surface area contributed by atoms with Crippen LogP contribution in [0, 0.1) is 11.8 Å². The maximum atomic E-state index is 6.07. The molecular formula is C13H24N2O. The maximum Gasteiger partial charge on any atom is 0.108 e. The molecule has 2 aliphatic heterocycles. The Balaban J connectivity index is 1.67. The summed E-state index contributed by atoms with van der Waals surface area (Å²) in [6.07, 6.45) is 5.60. The van der Waals surface area contributed by atoms with Crippen LogP contribution in [0.5, 0.6) is 0 Å². The first-order chi connectivity index (χ1) is 7.80. The summed E-state index contributed by atoms with van der Waals surface area (Å²) in [4.78, 5) is 0. The Hall–Kier alpha value is -0.120. The standard InChI is InChI=1S/C13H24N2O/c1-10-2-4-11(5-3-10)12-13(8-14-9-13)16-7-6-15-12/h10-12,14-15H,2-9H2,1H3. The highest BCUT2D eigenvalue weighted by Crippen LogP contribution is 2.37. The van der Waals surface area contributed by atoms with Crippen molar-refractivity contribution >= 4 is 0 Å². The summed E-state index contributed by atoms with van der Waals surface area (Å²) in [5.41, 5.74) is 0.142. The number of hydrogen-bond donors (Lipinski definition) is 2. The largest absolute Gasteiger partial charge is 0.369 e. The monoisotopic (exact) mass is 224 g/mol. The lowest BCUT2D eigenvalue weighted by Crippen LogP contribution is -2.75. The lowest BCUT2D eigenvalue weighted by molar-refractivity contribution is -0.142. The minimum Gasteiger partial charge on any atom is -0.369 e. The van der Waals surface area contributed by atoms with E-state index in [0.717, 1.165) is 38.1 Å². The van der Waals surface area contributed by atoms with Crippen LogP contribution >= 0.6 is 0 Å². The molecule has 92 valence electrons. The number of nitrogens with one attached hydrogen (secondary N) is 2. The molecule has 16 heavy (non-hydrogen) atoms. The average molecular weight is 224 g/mol.